The van der Waals surface area contributed by atoms with Gasteiger partial charge in [0.1, 0.15) is 17.1 Å². The second kappa shape index (κ2) is 9.38. The summed E-state index contributed by atoms with van der Waals surface area (Å²) < 4.78 is 0. The third-order valence-corrected chi connectivity index (χ3v) is 5.94. The topological polar surface area (TPSA) is 136 Å². The number of hydrogen-bond acceptors (Lipinski definition) is 7. The van der Waals surface area contributed by atoms with Gasteiger partial charge in [-0.25, -0.2) is 0 Å². The number of aromatic amines is 1. The molecule has 0 bridgehead atoms. The van der Waals surface area contributed by atoms with E-state index in [0.29, 0.717) is 22.4 Å². The summed E-state index contributed by atoms with van der Waals surface area (Å²) in [5, 5.41) is 26.4. The summed E-state index contributed by atoms with van der Waals surface area (Å²) in [4.78, 5) is 37.1. The van der Waals surface area contributed by atoms with Gasteiger partial charge in [0, 0.05) is 17.1 Å². The lowest BCUT2D eigenvalue weighted by molar-refractivity contribution is -0.115. The number of anilines is 4. The lowest BCUT2D eigenvalue weighted by Crippen LogP contribution is -2.37. The van der Waals surface area contributed by atoms with Crippen LogP contribution in [0.4, 0.5) is 22.9 Å². The average molecular weight is 482 g/mol. The molecular weight excluding hydrogens is 458 g/mol. The van der Waals surface area contributed by atoms with Crippen LogP contribution < -0.4 is 26.8 Å². The van der Waals surface area contributed by atoms with E-state index in [0.717, 1.165) is 11.1 Å². The van der Waals surface area contributed by atoms with Crippen LogP contribution in [-0.2, 0) is 11.2 Å². The lowest BCUT2D eigenvalue weighted by atomic mass is 10.1. The molecule has 0 saturated heterocycles. The molecule has 180 valence electrons. The zero-order chi connectivity index (χ0) is 25.2. The summed E-state index contributed by atoms with van der Waals surface area (Å²) >= 11 is 0. The Labute approximate surface area is 205 Å². The van der Waals surface area contributed by atoms with Crippen molar-refractivity contribution in [1.29, 1.82) is 0 Å². The van der Waals surface area contributed by atoms with Gasteiger partial charge in [-0.3, -0.25) is 19.5 Å². The van der Waals surface area contributed by atoms with Gasteiger partial charge in [-0.15, -0.1) is 0 Å². The van der Waals surface area contributed by atoms with Crippen LogP contribution in [-0.4, -0.2) is 21.2 Å². The Kier molecular flexibility index (Phi) is 5.95. The first kappa shape index (κ1) is 22.9. The summed E-state index contributed by atoms with van der Waals surface area (Å²) in [6.07, 6.45) is 0.211. The van der Waals surface area contributed by atoms with E-state index in [1.165, 1.54) is 0 Å². The number of hydrogen-bond donors (Lipinski definition) is 5. The molecule has 4 aromatic carbocycles. The maximum Gasteiger partial charge on any atom is 0.253 e. The zero-order valence-electron chi connectivity index (χ0n) is 19.3. The van der Waals surface area contributed by atoms with E-state index in [-0.39, 0.29) is 35.5 Å². The minimum absolute atomic E-state index is 0.115. The molecule has 5 aromatic rings. The molecule has 0 aliphatic rings. The maximum atomic E-state index is 12.5. The molecule has 36 heavy (non-hydrogen) atoms. The van der Waals surface area contributed by atoms with E-state index >= 15 is 0 Å². The number of phenols is 1. The van der Waals surface area contributed by atoms with Gasteiger partial charge >= 0.3 is 0 Å². The minimum Gasteiger partial charge on any atom is -0.508 e. The van der Waals surface area contributed by atoms with E-state index in [4.69, 9.17) is 0 Å². The fourth-order valence-corrected chi connectivity index (χ4v) is 4.03. The fourth-order valence-electron chi connectivity index (χ4n) is 4.03. The Morgan fingerprint density at radius 1 is 0.972 bits per heavy atom. The highest BCUT2D eigenvalue weighted by molar-refractivity contribution is 6.01. The third-order valence-electron chi connectivity index (χ3n) is 5.94. The van der Waals surface area contributed by atoms with Crippen molar-refractivity contribution >= 4 is 39.7 Å². The average Bonchev–Trinajstić information content (AvgIpc) is 3.28. The molecule has 1 heterocycles. The number of phenolic OH excluding ortho intramolecular Hbond substituents is 1. The number of carbonyl (C=O) groups is 1. The molecule has 5 rings (SSSR count). The zero-order valence-corrected chi connectivity index (χ0v) is 19.3. The molecule has 0 saturated carbocycles. The molecule has 1 atom stereocenters. The smallest absolute Gasteiger partial charge is 0.253 e. The summed E-state index contributed by atoms with van der Waals surface area (Å²) in [6.45, 7) is 1.83. The van der Waals surface area contributed by atoms with Crippen LogP contribution in [0.15, 0.2) is 82.4 Å². The van der Waals surface area contributed by atoms with Crippen molar-refractivity contribution in [2.75, 3.05) is 16.0 Å². The van der Waals surface area contributed by atoms with Gasteiger partial charge in [-0.1, -0.05) is 42.5 Å². The summed E-state index contributed by atoms with van der Waals surface area (Å²) in [7, 11) is 0. The third kappa shape index (κ3) is 4.54. The van der Waals surface area contributed by atoms with Crippen molar-refractivity contribution in [2.24, 2.45) is 0 Å². The van der Waals surface area contributed by atoms with Crippen molar-refractivity contribution in [3.05, 3.63) is 104 Å². The minimum atomic E-state index is -0.621. The Bertz CT molecular complexity index is 1630. The van der Waals surface area contributed by atoms with Crippen molar-refractivity contribution in [3.8, 4) is 5.75 Å². The van der Waals surface area contributed by atoms with Crippen LogP contribution >= 0.6 is 0 Å². The van der Waals surface area contributed by atoms with Crippen LogP contribution in [0.2, 0.25) is 0 Å². The Balaban J connectivity index is 1.34. The lowest BCUT2D eigenvalue weighted by Gasteiger charge is -2.20. The van der Waals surface area contributed by atoms with Crippen LogP contribution in [0, 0.1) is 0 Å². The standard InChI is InChI=1S/C27H23N5O4/c1-15(17-8-5-9-19(33)13-17)28-23-24(26(36)25(23)35)29-18-10-11-21-20(14-18)27(32-31-21)30-22(34)12-16-6-3-2-4-7-16/h2-11,13-15,28-29,33H,12H2,1H3,(H2,30,31,32,34)/t15-/m1/s1. The summed E-state index contributed by atoms with van der Waals surface area (Å²) in [5.74, 6) is 0.280. The number of benzene rings is 3. The Hall–Kier alpha value is -4.92. The number of carbonyl (C=O) groups excluding carboxylic acids is 1. The van der Waals surface area contributed by atoms with Crippen molar-refractivity contribution in [2.45, 2.75) is 19.4 Å². The van der Waals surface area contributed by atoms with Crippen LogP contribution in [0.5, 0.6) is 5.75 Å². The first-order valence-corrected chi connectivity index (χ1v) is 11.4. The van der Waals surface area contributed by atoms with Gasteiger partial charge in [0.25, 0.3) is 10.9 Å². The number of H-pyrrole nitrogens is 1. The number of nitrogens with zero attached hydrogens (tertiary/aromatic N) is 1. The molecule has 0 aliphatic heterocycles. The van der Waals surface area contributed by atoms with Crippen LogP contribution in [0.1, 0.15) is 24.1 Å². The van der Waals surface area contributed by atoms with Crippen LogP contribution in [0.3, 0.4) is 0 Å². The maximum absolute atomic E-state index is 12.5. The molecule has 0 radical (unpaired) electrons. The first-order valence-electron chi connectivity index (χ1n) is 11.4. The van der Waals surface area contributed by atoms with Gasteiger partial charge < -0.3 is 21.1 Å². The number of aromatic nitrogens is 2. The highest BCUT2D eigenvalue weighted by Crippen LogP contribution is 2.29. The first-order chi connectivity index (χ1) is 17.4. The molecule has 9 nitrogen and oxygen atoms in total. The van der Waals surface area contributed by atoms with Crippen LogP contribution in [0.25, 0.3) is 10.9 Å². The predicted octanol–water partition coefficient (Wildman–Crippen LogP) is 3.96. The largest absolute Gasteiger partial charge is 0.508 e. The Morgan fingerprint density at radius 3 is 2.53 bits per heavy atom. The summed E-state index contributed by atoms with van der Waals surface area (Å²) in [6, 6.07) is 21.0. The van der Waals surface area contributed by atoms with Gasteiger partial charge in [0.2, 0.25) is 5.91 Å². The van der Waals surface area contributed by atoms with E-state index in [9.17, 15) is 19.5 Å². The molecule has 0 fully saturated rings. The quantitative estimate of drug-likeness (QED) is 0.212. The number of rotatable bonds is 8. The molecule has 0 unspecified atom stereocenters. The molecule has 0 aliphatic carbocycles. The number of amides is 1. The van der Waals surface area contributed by atoms with Gasteiger partial charge in [0.05, 0.1) is 11.9 Å². The highest BCUT2D eigenvalue weighted by Gasteiger charge is 2.23. The van der Waals surface area contributed by atoms with Crippen molar-refractivity contribution in [3.63, 3.8) is 0 Å². The van der Waals surface area contributed by atoms with E-state index in [1.54, 1.807) is 36.4 Å². The summed E-state index contributed by atoms with van der Waals surface area (Å²) in [5.41, 5.74) is 2.03. The monoisotopic (exact) mass is 481 g/mol. The van der Waals surface area contributed by atoms with E-state index < -0.39 is 10.9 Å². The molecule has 1 aromatic heterocycles. The fraction of sp³-hybridized carbons (Fsp3) is 0.111. The van der Waals surface area contributed by atoms with E-state index in [2.05, 4.69) is 26.1 Å². The molecule has 5 N–H and O–H groups in total. The molecule has 1 amide bonds. The second-order valence-corrected chi connectivity index (χ2v) is 8.54. The number of nitrogens with one attached hydrogen (secondary N) is 4. The Morgan fingerprint density at radius 2 is 1.75 bits per heavy atom. The molecule has 0 spiro atoms. The number of aromatic hydroxyl groups is 1. The van der Waals surface area contributed by atoms with Crippen molar-refractivity contribution in [1.82, 2.24) is 10.2 Å². The van der Waals surface area contributed by atoms with Gasteiger partial charge in [-0.05, 0) is 48.4 Å². The molecule has 9 heteroatoms. The number of fused-ring (bicyclic) bond motifs is 1. The predicted molar refractivity (Wildman–Crippen MR) is 140 cm³/mol. The molecular formula is C27H23N5O4. The highest BCUT2D eigenvalue weighted by atomic mass is 16.3. The van der Waals surface area contributed by atoms with E-state index in [1.807, 2.05) is 43.3 Å². The van der Waals surface area contributed by atoms with Crippen molar-refractivity contribution < 1.29 is 9.90 Å². The second-order valence-electron chi connectivity index (χ2n) is 8.54. The van der Waals surface area contributed by atoms with Gasteiger partial charge in [-0.2, -0.15) is 5.10 Å². The normalized spacial score (nSPS) is 11.9. The SMILES string of the molecule is C[C@@H](Nc1c(Nc2ccc3[nH]nc(NC(=O)Cc4ccccc4)c3c2)c(=O)c1=O)c1cccc(O)c1. The van der Waals surface area contributed by atoms with Gasteiger partial charge in [0.15, 0.2) is 5.82 Å².